The van der Waals surface area contributed by atoms with E-state index in [0.29, 0.717) is 23.3 Å². The van der Waals surface area contributed by atoms with Crippen LogP contribution in [0.1, 0.15) is 58.3 Å². The first-order valence-electron chi connectivity index (χ1n) is 11.6. The molecule has 1 aromatic carbocycles. The highest BCUT2D eigenvalue weighted by Crippen LogP contribution is 2.37. The van der Waals surface area contributed by atoms with Crippen LogP contribution in [-0.4, -0.2) is 51.5 Å². The molecule has 0 radical (unpaired) electrons. The predicted octanol–water partition coefficient (Wildman–Crippen LogP) is 2.95. The van der Waals surface area contributed by atoms with E-state index in [9.17, 15) is 18.0 Å². The van der Waals surface area contributed by atoms with Crippen molar-refractivity contribution in [1.29, 1.82) is 0 Å². The van der Waals surface area contributed by atoms with Crippen LogP contribution >= 0.6 is 0 Å². The Morgan fingerprint density at radius 2 is 1.61 bits per heavy atom. The number of aromatic nitrogens is 1. The molecule has 12 heteroatoms. The van der Waals surface area contributed by atoms with Crippen LogP contribution in [0.5, 0.6) is 0 Å². The zero-order valence-corrected chi connectivity index (χ0v) is 21.0. The zero-order valence-electron chi connectivity index (χ0n) is 21.0. The molecule has 0 unspecified atom stereocenters. The number of pyridine rings is 1. The van der Waals surface area contributed by atoms with Crippen LogP contribution in [0.3, 0.4) is 0 Å². The second-order valence-corrected chi connectivity index (χ2v) is 9.84. The predicted molar refractivity (Wildman–Crippen MR) is 131 cm³/mol. The summed E-state index contributed by atoms with van der Waals surface area (Å²) in [6.45, 7) is 8.93. The number of halogens is 3. The maximum Gasteiger partial charge on any atom is 0.494 e. The van der Waals surface area contributed by atoms with E-state index >= 15 is 0 Å². The average molecular weight is 509 g/mol. The molecule has 1 saturated heterocycles. The molecule has 0 bridgehead atoms. The van der Waals surface area contributed by atoms with Gasteiger partial charge in [-0.2, -0.15) is 13.2 Å². The number of carboxylic acids is 1. The number of nitrogens with zero attached hydrogens (tertiary/aromatic N) is 1. The third-order valence-corrected chi connectivity index (χ3v) is 6.05. The molecule has 2 fully saturated rings. The van der Waals surface area contributed by atoms with Crippen LogP contribution < -0.4 is 10.9 Å². The van der Waals surface area contributed by atoms with Gasteiger partial charge in [0, 0.05) is 12.1 Å². The lowest BCUT2D eigenvalue weighted by Gasteiger charge is -2.32. The van der Waals surface area contributed by atoms with Gasteiger partial charge in [0.1, 0.15) is 5.69 Å². The fraction of sp³-hybridized carbons (Fsp3) is 0.500. The largest absolute Gasteiger partial charge is 0.494 e. The Bertz CT molecular complexity index is 999. The van der Waals surface area contributed by atoms with Gasteiger partial charge in [0.2, 0.25) is 0 Å². The van der Waals surface area contributed by atoms with Gasteiger partial charge in [-0.1, -0.05) is 30.3 Å². The van der Waals surface area contributed by atoms with Crippen LogP contribution in [0.25, 0.3) is 0 Å². The van der Waals surface area contributed by atoms with Crippen LogP contribution in [0.15, 0.2) is 42.5 Å². The third-order valence-electron chi connectivity index (χ3n) is 6.05. The van der Waals surface area contributed by atoms with E-state index in [0.717, 1.165) is 18.9 Å². The number of rotatable bonds is 4. The minimum absolute atomic E-state index is 0.282. The second-order valence-electron chi connectivity index (χ2n) is 9.84. The number of aryl methyl sites for hydroxylation is 1. The number of carbonyl (C=O) groups is 1. The zero-order chi connectivity index (χ0) is 27.3. The molecule has 0 atom stereocenters. The Morgan fingerprint density at radius 3 is 1.97 bits per heavy atom. The van der Waals surface area contributed by atoms with Gasteiger partial charge in [-0.05, 0) is 76.4 Å². The molecule has 3 N–H and O–H groups in total. The quantitative estimate of drug-likeness (QED) is 0.545. The normalized spacial score (nSPS) is 17.9. The Labute approximate surface area is 210 Å². The van der Waals surface area contributed by atoms with Crippen molar-refractivity contribution in [2.75, 3.05) is 0 Å². The maximum absolute atomic E-state index is 12.8. The molecule has 1 aliphatic carbocycles. The lowest BCUT2D eigenvalue weighted by atomic mass is 9.79. The first kappa shape index (κ1) is 29.8. The van der Waals surface area contributed by atoms with Crippen LogP contribution in [0.4, 0.5) is 13.2 Å². The molecule has 2 aliphatic rings. The molecule has 1 aromatic heterocycles. The molecule has 1 aliphatic heterocycles. The van der Waals surface area contributed by atoms with E-state index in [1.807, 2.05) is 33.8 Å². The van der Waals surface area contributed by atoms with E-state index in [-0.39, 0.29) is 5.69 Å². The van der Waals surface area contributed by atoms with Gasteiger partial charge < -0.3 is 24.5 Å². The number of benzene rings is 1. The van der Waals surface area contributed by atoms with Gasteiger partial charge in [-0.15, -0.1) is 0 Å². The van der Waals surface area contributed by atoms with Crippen molar-refractivity contribution >= 4 is 31.1 Å². The highest BCUT2D eigenvalue weighted by molar-refractivity contribution is 6.62. The number of carboxylic acid groups (broad SMARTS) is 1. The molecule has 7 nitrogen and oxygen atoms in total. The van der Waals surface area contributed by atoms with Crippen molar-refractivity contribution in [3.63, 3.8) is 0 Å². The van der Waals surface area contributed by atoms with E-state index in [4.69, 9.17) is 24.5 Å². The van der Waals surface area contributed by atoms with Crippen LogP contribution in [-0.2, 0) is 20.3 Å². The lowest BCUT2D eigenvalue weighted by Crippen LogP contribution is -2.41. The number of hydrogen-bond acceptors (Lipinski definition) is 6. The Morgan fingerprint density at radius 1 is 1.08 bits per heavy atom. The summed E-state index contributed by atoms with van der Waals surface area (Å²) in [6.07, 6.45) is -1.83. The number of alkyl halides is 3. The van der Waals surface area contributed by atoms with Crippen LogP contribution in [0, 0.1) is 12.8 Å². The van der Waals surface area contributed by atoms with E-state index < -0.39 is 43.3 Å². The van der Waals surface area contributed by atoms with Crippen molar-refractivity contribution in [2.45, 2.75) is 71.3 Å². The monoisotopic (exact) mass is 509 g/mol. The van der Waals surface area contributed by atoms with Crippen molar-refractivity contribution in [3.05, 3.63) is 53.9 Å². The molecule has 36 heavy (non-hydrogen) atoms. The topological polar surface area (TPSA) is 109 Å². The summed E-state index contributed by atoms with van der Waals surface area (Å²) in [7, 11) is -2.16. The maximum atomic E-state index is 12.8. The SMILES string of the molecule is Cc1cc(B2OC(C)(C)C(C)(C)O2)cc(C(F)(F)F)n1.O=C(O)CC1CC1.OB(O)c1ccccc1. The van der Waals surface area contributed by atoms with Crippen molar-refractivity contribution in [3.8, 4) is 0 Å². The van der Waals surface area contributed by atoms with Gasteiger partial charge in [-0.25, -0.2) is 4.98 Å². The number of hydrogen-bond donors (Lipinski definition) is 3. The van der Waals surface area contributed by atoms with Gasteiger partial charge in [0.15, 0.2) is 0 Å². The molecule has 4 rings (SSSR count). The molecule has 2 heterocycles. The summed E-state index contributed by atoms with van der Waals surface area (Å²) in [5, 5.41) is 25.3. The van der Waals surface area contributed by atoms with Gasteiger partial charge >= 0.3 is 26.4 Å². The smallest absolute Gasteiger partial charge is 0.481 e. The first-order valence-corrected chi connectivity index (χ1v) is 11.6. The Kier molecular flexibility index (Phi) is 9.75. The average Bonchev–Trinajstić information content (AvgIpc) is 3.53. The fourth-order valence-electron chi connectivity index (χ4n) is 3.15. The third kappa shape index (κ3) is 8.92. The minimum Gasteiger partial charge on any atom is -0.481 e. The van der Waals surface area contributed by atoms with Crippen molar-refractivity contribution in [2.24, 2.45) is 5.92 Å². The van der Waals surface area contributed by atoms with E-state index in [2.05, 4.69) is 4.98 Å². The highest BCUT2D eigenvalue weighted by Gasteiger charge is 2.52. The Hall–Kier alpha value is -2.40. The number of aliphatic carboxylic acids is 1. The van der Waals surface area contributed by atoms with Gasteiger partial charge in [0.05, 0.1) is 11.2 Å². The summed E-state index contributed by atoms with van der Waals surface area (Å²) >= 11 is 0. The highest BCUT2D eigenvalue weighted by atomic mass is 19.4. The summed E-state index contributed by atoms with van der Waals surface area (Å²) in [4.78, 5) is 13.4. The van der Waals surface area contributed by atoms with Crippen LogP contribution in [0.2, 0.25) is 0 Å². The standard InChI is InChI=1S/C13H17BF3NO2.C6H7BO2.C5H8O2/c1-8-6-9(7-10(18-8)13(15,16)17)14-19-11(2,3)12(4,5)20-14;8-7(9)6-4-2-1-3-5-6;6-5(7)3-4-1-2-4/h6-7H,1-5H3;1-5,8-9H;4H,1-3H2,(H,6,7). The fourth-order valence-corrected chi connectivity index (χ4v) is 3.15. The van der Waals surface area contributed by atoms with Crippen molar-refractivity contribution < 1.29 is 42.4 Å². The summed E-state index contributed by atoms with van der Waals surface area (Å²) in [6, 6.07) is 11.2. The van der Waals surface area contributed by atoms with E-state index in [1.165, 1.54) is 6.92 Å². The first-order chi connectivity index (χ1) is 16.5. The molecule has 1 saturated carbocycles. The molecule has 0 amide bonds. The molecular formula is C24H32B2F3NO6. The Balaban J connectivity index is 0.000000233. The molecular weight excluding hydrogens is 477 g/mol. The lowest BCUT2D eigenvalue weighted by molar-refractivity contribution is -0.141. The molecule has 196 valence electrons. The summed E-state index contributed by atoms with van der Waals surface area (Å²) in [5.74, 6) is -0.125. The summed E-state index contributed by atoms with van der Waals surface area (Å²) < 4.78 is 49.9. The van der Waals surface area contributed by atoms with E-state index in [1.54, 1.807) is 30.3 Å². The second kappa shape index (κ2) is 11.8. The van der Waals surface area contributed by atoms with Gasteiger partial charge in [0.25, 0.3) is 0 Å². The minimum atomic E-state index is -4.48. The molecule has 0 spiro atoms. The molecule has 2 aromatic rings. The van der Waals surface area contributed by atoms with Crippen molar-refractivity contribution in [1.82, 2.24) is 4.98 Å². The van der Waals surface area contributed by atoms with Gasteiger partial charge in [-0.3, -0.25) is 4.79 Å². The summed E-state index contributed by atoms with van der Waals surface area (Å²) in [5.41, 5.74) is -0.965.